The average molecular weight is 550 g/mol. The summed E-state index contributed by atoms with van der Waals surface area (Å²) in [5, 5.41) is 9.02. The first-order valence-electron chi connectivity index (χ1n) is 9.65. The molecule has 2 aliphatic heterocycles. The molecule has 9 nitrogen and oxygen atoms in total. The Bertz CT molecular complexity index is 1260. The van der Waals surface area contributed by atoms with Gasteiger partial charge >= 0.3 is 11.9 Å². The van der Waals surface area contributed by atoms with Crippen molar-refractivity contribution in [1.82, 2.24) is 0 Å². The quantitative estimate of drug-likeness (QED) is 0.125. The topological polar surface area (TPSA) is 145 Å². The molecule has 0 aliphatic carbocycles. The fourth-order valence-corrected chi connectivity index (χ4v) is 9.07. The molecule has 3 rings (SSSR count). The molecule has 0 amide bonds. The van der Waals surface area contributed by atoms with Crippen molar-refractivity contribution in [2.24, 2.45) is 0 Å². The Labute approximate surface area is 216 Å². The predicted octanol–water partition coefficient (Wildman–Crippen LogP) is 4.22. The van der Waals surface area contributed by atoms with Gasteiger partial charge in [0.15, 0.2) is 40.7 Å². The maximum Gasteiger partial charge on any atom is 0.416 e. The highest BCUT2D eigenvalue weighted by Crippen LogP contribution is 2.68. The van der Waals surface area contributed by atoms with E-state index in [1.807, 2.05) is 0 Å². The maximum absolute atomic E-state index is 12.1. The van der Waals surface area contributed by atoms with Crippen molar-refractivity contribution in [2.45, 2.75) is 54.2 Å². The molecule has 0 aromatic heterocycles. The molecule has 35 heavy (non-hydrogen) atoms. The highest BCUT2D eigenvalue weighted by atomic mass is 32.2. The molecule has 180 valence electrons. The fourth-order valence-electron chi connectivity index (χ4n) is 3.12. The number of hydrogen-bond acceptors (Lipinski definition) is 13. The molecule has 0 unspecified atom stereocenters. The smallest absolute Gasteiger partial charge is 0.416 e. The molecule has 0 fully saturated rings. The number of benzene rings is 1. The highest BCUT2D eigenvalue weighted by Gasteiger charge is 2.40. The van der Waals surface area contributed by atoms with E-state index >= 15 is 0 Å². The highest BCUT2D eigenvalue weighted by molar-refractivity contribution is 8.26. The lowest BCUT2D eigenvalue weighted by Crippen LogP contribution is -2.08. The second kappa shape index (κ2) is 10.4. The van der Waals surface area contributed by atoms with Crippen LogP contribution < -0.4 is 9.47 Å². The number of nitriles is 1. The number of carbonyl (C=O) groups excluding carboxylic acids is 6. The number of allylic oxidation sites excluding steroid dienone is 2. The molecular weight excluding hydrogens is 535 g/mol. The molecule has 0 bridgehead atoms. The van der Waals surface area contributed by atoms with Crippen LogP contribution in [-0.4, -0.2) is 35.1 Å². The lowest BCUT2D eigenvalue weighted by atomic mass is 10.1. The normalized spacial score (nSPS) is 13.4. The van der Waals surface area contributed by atoms with Crippen LogP contribution in [0.2, 0.25) is 0 Å². The number of rotatable bonds is 6. The molecular formula is C22H15NO8S4. The lowest BCUT2D eigenvalue weighted by Gasteiger charge is -2.14. The molecule has 2 aliphatic rings. The van der Waals surface area contributed by atoms with Crippen LogP contribution in [0, 0.1) is 11.3 Å². The number of thioether (sulfide) groups is 4. The van der Waals surface area contributed by atoms with Gasteiger partial charge in [0.25, 0.3) is 0 Å². The molecule has 0 spiro atoms. The number of ether oxygens (including phenoxy) is 2. The fraction of sp³-hybridized carbons (Fsp3) is 0.227. The van der Waals surface area contributed by atoms with Crippen molar-refractivity contribution in [3.63, 3.8) is 0 Å². The summed E-state index contributed by atoms with van der Waals surface area (Å²) in [4.78, 5) is 73.6. The Kier molecular flexibility index (Phi) is 8.00. The number of hydrogen-bond donors (Lipinski definition) is 0. The molecule has 13 heteroatoms. The molecule has 2 heterocycles. The van der Waals surface area contributed by atoms with Crippen molar-refractivity contribution in [1.29, 1.82) is 5.26 Å². The van der Waals surface area contributed by atoms with E-state index < -0.39 is 35.1 Å². The molecule has 0 saturated heterocycles. The Morgan fingerprint density at radius 3 is 1.17 bits per heavy atom. The van der Waals surface area contributed by atoms with Gasteiger partial charge in [-0.05, 0) is 27.7 Å². The molecule has 1 aromatic rings. The number of carbonyl (C=O) groups is 6. The minimum absolute atomic E-state index is 0.0599. The monoisotopic (exact) mass is 549 g/mol. The van der Waals surface area contributed by atoms with Gasteiger partial charge in [-0.2, -0.15) is 5.26 Å². The van der Waals surface area contributed by atoms with Gasteiger partial charge < -0.3 is 9.47 Å². The second-order valence-electron chi connectivity index (χ2n) is 7.03. The summed E-state index contributed by atoms with van der Waals surface area (Å²) in [7, 11) is 0. The van der Waals surface area contributed by atoms with Crippen LogP contribution in [0.25, 0.3) is 0 Å². The molecule has 1 aromatic carbocycles. The number of ketones is 4. The average Bonchev–Trinajstić information content (AvgIpc) is 3.34. The van der Waals surface area contributed by atoms with Crippen LogP contribution in [0.1, 0.15) is 34.6 Å². The van der Waals surface area contributed by atoms with Crippen LogP contribution in [0.3, 0.4) is 0 Å². The van der Waals surface area contributed by atoms with E-state index in [0.717, 1.165) is 47.0 Å². The van der Waals surface area contributed by atoms with Crippen LogP contribution in [0.5, 0.6) is 11.5 Å². The largest absolute Gasteiger partial charge is 0.424 e. The minimum Gasteiger partial charge on any atom is -0.424 e. The Morgan fingerprint density at radius 2 is 0.914 bits per heavy atom. The van der Waals surface area contributed by atoms with Crippen molar-refractivity contribution in [3.05, 3.63) is 19.6 Å². The van der Waals surface area contributed by atoms with Gasteiger partial charge in [0.05, 0.1) is 39.2 Å². The van der Waals surface area contributed by atoms with Crippen LogP contribution in [0.4, 0.5) is 0 Å². The Hall–Kier alpha value is -2.79. The lowest BCUT2D eigenvalue weighted by molar-refractivity contribution is -0.132. The molecule has 0 saturated carbocycles. The van der Waals surface area contributed by atoms with E-state index in [0.29, 0.717) is 18.3 Å². The van der Waals surface area contributed by atoms with Crippen LogP contribution >= 0.6 is 47.0 Å². The number of Topliss-reactive ketones (excluding diaryl/α,β-unsaturated/α-hetero) is 4. The summed E-state index contributed by atoms with van der Waals surface area (Å²) in [5.41, 5.74) is -0.141. The minimum atomic E-state index is -1.22. The van der Waals surface area contributed by atoms with Gasteiger partial charge in [0.1, 0.15) is 0 Å². The number of esters is 2. The summed E-state index contributed by atoms with van der Waals surface area (Å²) in [5.74, 6) is -3.78. The van der Waals surface area contributed by atoms with Crippen LogP contribution in [0.15, 0.2) is 39.2 Å². The Balaban J connectivity index is 2.36. The SMILES string of the molecule is CC(=O)Oc1c2c(c(OC(=O)C#N)c3c1SC(=C(C(C)=O)C(C)=O)S3)SC(=C(C(C)=O)C(C)=O)S2. The van der Waals surface area contributed by atoms with E-state index in [4.69, 9.17) is 14.7 Å². The third-order valence-corrected chi connectivity index (χ3v) is 9.56. The molecule has 0 N–H and O–H groups in total. The van der Waals surface area contributed by atoms with Crippen LogP contribution in [-0.2, 0) is 28.8 Å². The zero-order chi connectivity index (χ0) is 26.2. The van der Waals surface area contributed by atoms with E-state index in [1.54, 1.807) is 0 Å². The van der Waals surface area contributed by atoms with Gasteiger partial charge in [-0.15, -0.1) is 0 Å². The summed E-state index contributed by atoms with van der Waals surface area (Å²) >= 11 is 3.89. The zero-order valence-electron chi connectivity index (χ0n) is 18.8. The van der Waals surface area contributed by atoms with Gasteiger partial charge in [-0.3, -0.25) is 24.0 Å². The van der Waals surface area contributed by atoms with Crippen molar-refractivity contribution < 1.29 is 38.2 Å². The van der Waals surface area contributed by atoms with Gasteiger partial charge in [-0.1, -0.05) is 47.0 Å². The number of fused-ring (bicyclic) bond motifs is 2. The Morgan fingerprint density at radius 1 is 0.600 bits per heavy atom. The van der Waals surface area contributed by atoms with E-state index in [1.165, 1.54) is 40.7 Å². The third kappa shape index (κ3) is 5.25. The maximum atomic E-state index is 12.1. The van der Waals surface area contributed by atoms with Gasteiger partial charge in [0, 0.05) is 6.92 Å². The summed E-state index contributed by atoms with van der Waals surface area (Å²) < 4.78 is 11.4. The summed E-state index contributed by atoms with van der Waals surface area (Å²) in [6.45, 7) is 6.15. The zero-order valence-corrected chi connectivity index (χ0v) is 22.1. The van der Waals surface area contributed by atoms with Crippen molar-refractivity contribution in [2.75, 3.05) is 0 Å². The summed E-state index contributed by atoms with van der Waals surface area (Å²) in [6, 6.07) is 1.36. The van der Waals surface area contributed by atoms with Gasteiger partial charge in [0.2, 0.25) is 0 Å². The predicted molar refractivity (Wildman–Crippen MR) is 129 cm³/mol. The van der Waals surface area contributed by atoms with Crippen molar-refractivity contribution >= 4 is 82.1 Å². The van der Waals surface area contributed by atoms with E-state index in [-0.39, 0.29) is 32.4 Å². The first-order valence-corrected chi connectivity index (χ1v) is 12.9. The first-order chi connectivity index (χ1) is 16.4. The van der Waals surface area contributed by atoms with E-state index in [2.05, 4.69) is 0 Å². The molecule has 0 atom stereocenters. The molecule has 0 radical (unpaired) electrons. The first kappa shape index (κ1) is 26.8. The standard InChI is InChI=1S/C22H15NO8S4/c1-7(24)13(8(2)25)21-32-17-15(30-11(5)28)18-20(16(19(17)34-21)31-12(29)6-23)35-22(33-18)14(9(3)26)10(4)27/h1-5H3. The number of nitrogens with zero attached hydrogens (tertiary/aromatic N) is 1. The van der Waals surface area contributed by atoms with E-state index in [9.17, 15) is 28.8 Å². The summed E-state index contributed by atoms with van der Waals surface area (Å²) in [6.07, 6.45) is 0. The van der Waals surface area contributed by atoms with Crippen molar-refractivity contribution in [3.8, 4) is 17.6 Å². The second-order valence-corrected chi connectivity index (χ2v) is 11.6. The third-order valence-electron chi connectivity index (χ3n) is 4.36. The van der Waals surface area contributed by atoms with Gasteiger partial charge in [-0.25, -0.2) is 4.79 Å².